The summed E-state index contributed by atoms with van der Waals surface area (Å²) in [5.74, 6) is -0.390. The molecule has 166 valence electrons. The number of unbranched alkanes of at least 4 members (excludes halogenated alkanes) is 2. The van der Waals surface area contributed by atoms with Gasteiger partial charge in [0.1, 0.15) is 0 Å². The number of carbonyl (C=O) groups is 2. The maximum absolute atomic E-state index is 12.6. The number of carbonyl (C=O) groups excluding carboxylic acids is 2. The number of rotatable bonds is 12. The molecule has 0 aliphatic carbocycles. The van der Waals surface area contributed by atoms with E-state index in [0.717, 1.165) is 38.5 Å². The summed E-state index contributed by atoms with van der Waals surface area (Å²) in [5.41, 5.74) is 3.48. The van der Waals surface area contributed by atoms with E-state index in [-0.39, 0.29) is 11.8 Å². The molecule has 0 atom stereocenters. The van der Waals surface area contributed by atoms with Crippen molar-refractivity contribution in [2.45, 2.75) is 38.5 Å². The third-order valence-corrected chi connectivity index (χ3v) is 5.46. The topological polar surface area (TPSA) is 58.2 Å². The Morgan fingerprint density at radius 2 is 0.875 bits per heavy atom. The van der Waals surface area contributed by atoms with E-state index in [0.29, 0.717) is 24.2 Å². The molecule has 32 heavy (non-hydrogen) atoms. The average Bonchev–Trinajstić information content (AvgIpc) is 2.84. The molecule has 4 heteroatoms. The smallest absolute Gasteiger partial charge is 0.252 e. The summed E-state index contributed by atoms with van der Waals surface area (Å²) in [6, 6.07) is 27.7. The van der Waals surface area contributed by atoms with Gasteiger partial charge in [0, 0.05) is 13.1 Å². The van der Waals surface area contributed by atoms with Crippen LogP contribution in [0.4, 0.5) is 0 Å². The van der Waals surface area contributed by atoms with Crippen LogP contribution in [0.25, 0.3) is 0 Å². The fraction of sp³-hybridized carbons (Fsp3) is 0.286. The van der Waals surface area contributed by atoms with Crippen molar-refractivity contribution in [1.29, 1.82) is 0 Å². The number of hydrogen-bond donors (Lipinski definition) is 2. The minimum absolute atomic E-state index is 0.195. The molecular formula is C28H32N2O2. The standard InChI is InChI=1S/C28H32N2O2/c31-27(29-21-11-9-17-23-13-3-1-4-14-23)25-19-7-8-20-26(25)28(32)30-22-12-10-18-24-15-5-2-6-16-24/h1-8,13-16,19-20H,9-12,17-18,21-22H2,(H,29,31)(H,30,32). The highest BCUT2D eigenvalue weighted by Gasteiger charge is 2.15. The molecule has 2 amide bonds. The highest BCUT2D eigenvalue weighted by Crippen LogP contribution is 2.10. The normalized spacial score (nSPS) is 10.5. The molecule has 0 aliphatic heterocycles. The van der Waals surface area contributed by atoms with E-state index in [1.54, 1.807) is 24.3 Å². The summed E-state index contributed by atoms with van der Waals surface area (Å²) in [6.45, 7) is 1.20. The van der Waals surface area contributed by atoms with E-state index in [2.05, 4.69) is 34.9 Å². The van der Waals surface area contributed by atoms with Crippen LogP contribution in [0.15, 0.2) is 84.9 Å². The lowest BCUT2D eigenvalue weighted by Crippen LogP contribution is -2.30. The van der Waals surface area contributed by atoms with Gasteiger partial charge in [-0.05, 0) is 61.8 Å². The van der Waals surface area contributed by atoms with Crippen LogP contribution in [0.1, 0.15) is 57.5 Å². The Morgan fingerprint density at radius 3 is 1.28 bits per heavy atom. The zero-order valence-electron chi connectivity index (χ0n) is 18.6. The molecule has 0 unspecified atom stereocenters. The molecule has 0 bridgehead atoms. The number of amides is 2. The third-order valence-electron chi connectivity index (χ3n) is 5.46. The lowest BCUT2D eigenvalue weighted by molar-refractivity contribution is 0.0918. The minimum atomic E-state index is -0.195. The van der Waals surface area contributed by atoms with Crippen molar-refractivity contribution in [3.05, 3.63) is 107 Å². The maximum Gasteiger partial charge on any atom is 0.252 e. The monoisotopic (exact) mass is 428 g/mol. The van der Waals surface area contributed by atoms with Gasteiger partial charge in [0.05, 0.1) is 11.1 Å². The van der Waals surface area contributed by atoms with Gasteiger partial charge in [-0.1, -0.05) is 72.8 Å². The van der Waals surface area contributed by atoms with Crippen molar-refractivity contribution >= 4 is 11.8 Å². The number of nitrogens with one attached hydrogen (secondary N) is 2. The lowest BCUT2D eigenvalue weighted by Gasteiger charge is -2.11. The third kappa shape index (κ3) is 7.69. The Hall–Kier alpha value is -3.40. The van der Waals surface area contributed by atoms with Crippen LogP contribution in [0.2, 0.25) is 0 Å². The molecule has 4 nitrogen and oxygen atoms in total. The first-order chi connectivity index (χ1) is 15.7. The van der Waals surface area contributed by atoms with Gasteiger partial charge in [0.2, 0.25) is 0 Å². The van der Waals surface area contributed by atoms with Crippen LogP contribution in [-0.2, 0) is 12.8 Å². The van der Waals surface area contributed by atoms with E-state index in [1.807, 2.05) is 36.4 Å². The zero-order valence-corrected chi connectivity index (χ0v) is 18.6. The van der Waals surface area contributed by atoms with Gasteiger partial charge >= 0.3 is 0 Å². The summed E-state index contributed by atoms with van der Waals surface area (Å²) in [4.78, 5) is 25.3. The highest BCUT2D eigenvalue weighted by molar-refractivity contribution is 6.07. The molecule has 0 fully saturated rings. The Bertz CT molecular complexity index is 890. The highest BCUT2D eigenvalue weighted by atomic mass is 16.2. The summed E-state index contributed by atoms with van der Waals surface area (Å²) >= 11 is 0. The maximum atomic E-state index is 12.6. The van der Waals surface area contributed by atoms with Crippen LogP contribution in [0.5, 0.6) is 0 Å². The quantitative estimate of drug-likeness (QED) is 0.390. The van der Waals surface area contributed by atoms with Gasteiger partial charge in [-0.3, -0.25) is 9.59 Å². The first-order valence-electron chi connectivity index (χ1n) is 11.5. The molecule has 3 aromatic carbocycles. The molecule has 0 aliphatic rings. The van der Waals surface area contributed by atoms with Gasteiger partial charge < -0.3 is 10.6 Å². The predicted molar refractivity (Wildman–Crippen MR) is 130 cm³/mol. The van der Waals surface area contributed by atoms with Crippen molar-refractivity contribution in [2.75, 3.05) is 13.1 Å². The van der Waals surface area contributed by atoms with Crippen LogP contribution < -0.4 is 10.6 Å². The Kier molecular flexibility index (Phi) is 9.53. The van der Waals surface area contributed by atoms with E-state index >= 15 is 0 Å². The van der Waals surface area contributed by atoms with E-state index < -0.39 is 0 Å². The van der Waals surface area contributed by atoms with Crippen molar-refractivity contribution in [2.24, 2.45) is 0 Å². The van der Waals surface area contributed by atoms with Crippen molar-refractivity contribution in [3.63, 3.8) is 0 Å². The summed E-state index contributed by atoms with van der Waals surface area (Å²) in [7, 11) is 0. The first-order valence-corrected chi connectivity index (χ1v) is 11.5. The lowest BCUT2D eigenvalue weighted by atomic mass is 10.1. The molecule has 0 saturated carbocycles. The summed E-state index contributed by atoms with van der Waals surface area (Å²) in [5, 5.41) is 5.91. The van der Waals surface area contributed by atoms with E-state index in [1.165, 1.54) is 11.1 Å². The molecule has 0 aromatic heterocycles. The molecular weight excluding hydrogens is 396 g/mol. The zero-order chi connectivity index (χ0) is 22.4. The summed E-state index contributed by atoms with van der Waals surface area (Å²) in [6.07, 6.45) is 5.82. The number of benzene rings is 3. The van der Waals surface area contributed by atoms with Crippen molar-refractivity contribution in [1.82, 2.24) is 10.6 Å². The van der Waals surface area contributed by atoms with Gasteiger partial charge in [-0.2, -0.15) is 0 Å². The second kappa shape index (κ2) is 13.1. The predicted octanol–water partition coefficient (Wildman–Crippen LogP) is 5.19. The second-order valence-electron chi connectivity index (χ2n) is 7.94. The van der Waals surface area contributed by atoms with Crippen LogP contribution in [0, 0.1) is 0 Å². The minimum Gasteiger partial charge on any atom is -0.352 e. The Balaban J connectivity index is 1.39. The van der Waals surface area contributed by atoms with Gasteiger partial charge in [-0.15, -0.1) is 0 Å². The fourth-order valence-corrected chi connectivity index (χ4v) is 3.67. The van der Waals surface area contributed by atoms with Gasteiger partial charge in [0.25, 0.3) is 11.8 Å². The van der Waals surface area contributed by atoms with Crippen LogP contribution in [0.3, 0.4) is 0 Å². The van der Waals surface area contributed by atoms with Crippen LogP contribution in [-0.4, -0.2) is 24.9 Å². The fourth-order valence-electron chi connectivity index (χ4n) is 3.67. The molecule has 0 radical (unpaired) electrons. The van der Waals surface area contributed by atoms with Crippen molar-refractivity contribution in [3.8, 4) is 0 Å². The van der Waals surface area contributed by atoms with Crippen LogP contribution >= 0.6 is 0 Å². The SMILES string of the molecule is O=C(NCCCCc1ccccc1)c1ccccc1C(=O)NCCCCc1ccccc1. The van der Waals surface area contributed by atoms with Gasteiger partial charge in [-0.25, -0.2) is 0 Å². The van der Waals surface area contributed by atoms with E-state index in [4.69, 9.17) is 0 Å². The molecule has 3 aromatic rings. The molecule has 0 saturated heterocycles. The Morgan fingerprint density at radius 1 is 0.500 bits per heavy atom. The average molecular weight is 429 g/mol. The molecule has 0 heterocycles. The molecule has 3 rings (SSSR count). The first kappa shape index (κ1) is 23.3. The summed E-state index contributed by atoms with van der Waals surface area (Å²) < 4.78 is 0. The van der Waals surface area contributed by atoms with Crippen molar-refractivity contribution < 1.29 is 9.59 Å². The number of hydrogen-bond acceptors (Lipinski definition) is 2. The molecule has 2 N–H and O–H groups in total. The second-order valence-corrected chi connectivity index (χ2v) is 7.94. The largest absolute Gasteiger partial charge is 0.352 e. The number of aryl methyl sites for hydroxylation is 2. The Labute approximate surface area is 191 Å². The molecule has 0 spiro atoms. The van der Waals surface area contributed by atoms with Gasteiger partial charge in [0.15, 0.2) is 0 Å². The van der Waals surface area contributed by atoms with E-state index in [9.17, 15) is 9.59 Å².